The Bertz CT molecular complexity index is 977. The summed E-state index contributed by atoms with van der Waals surface area (Å²) in [5.41, 5.74) is 11.7. The molecule has 148 valence electrons. The summed E-state index contributed by atoms with van der Waals surface area (Å²) in [6.45, 7) is 1.97. The van der Waals surface area contributed by atoms with Gasteiger partial charge in [-0.1, -0.05) is 30.7 Å². The number of hydrazine groups is 1. The third kappa shape index (κ3) is 5.14. The zero-order valence-electron chi connectivity index (χ0n) is 15.2. The molecule has 2 rings (SSSR count). The van der Waals surface area contributed by atoms with Crippen molar-refractivity contribution in [2.45, 2.75) is 13.3 Å². The van der Waals surface area contributed by atoms with Crippen molar-refractivity contribution < 1.29 is 9.59 Å². The summed E-state index contributed by atoms with van der Waals surface area (Å²) in [6, 6.07) is 3.85. The van der Waals surface area contributed by atoms with Gasteiger partial charge in [-0.3, -0.25) is 15.0 Å². The molecule has 10 heteroatoms. The van der Waals surface area contributed by atoms with Crippen molar-refractivity contribution in [1.29, 1.82) is 0 Å². The topological polar surface area (TPSA) is 118 Å². The van der Waals surface area contributed by atoms with Crippen LogP contribution in [0.1, 0.15) is 29.3 Å². The molecule has 2 aromatic rings. The monoisotopic (exact) mass is 467 g/mol. The van der Waals surface area contributed by atoms with E-state index in [0.29, 0.717) is 16.9 Å². The molecule has 1 heterocycles. The van der Waals surface area contributed by atoms with Crippen molar-refractivity contribution >= 4 is 56.9 Å². The Balaban J connectivity index is 2.06. The maximum absolute atomic E-state index is 12.2. The summed E-state index contributed by atoms with van der Waals surface area (Å²) in [4.78, 5) is 35.9. The minimum Gasteiger partial charge on any atom is -0.398 e. The Hall–Kier alpha value is -2.78. The Labute approximate surface area is 174 Å². The Morgan fingerprint density at radius 1 is 1.32 bits per heavy atom. The van der Waals surface area contributed by atoms with Gasteiger partial charge in [-0.15, -0.1) is 0 Å². The van der Waals surface area contributed by atoms with Crippen LogP contribution in [0.4, 0.5) is 16.2 Å². The minimum absolute atomic E-state index is 0.187. The van der Waals surface area contributed by atoms with Crippen molar-refractivity contribution in [2.75, 3.05) is 11.1 Å². The average molecular weight is 469 g/mol. The van der Waals surface area contributed by atoms with E-state index >= 15 is 0 Å². The molecule has 1 aromatic carbocycles. The third-order valence-electron chi connectivity index (χ3n) is 3.67. The molecule has 0 bridgehead atoms. The second kappa shape index (κ2) is 9.43. The minimum atomic E-state index is -0.700. The number of halogens is 2. The molecule has 0 aliphatic carbocycles. The third-order valence-corrected chi connectivity index (χ3v) is 4.65. The van der Waals surface area contributed by atoms with Crippen molar-refractivity contribution in [1.82, 2.24) is 15.4 Å². The number of urea groups is 1. The summed E-state index contributed by atoms with van der Waals surface area (Å²) in [5, 5.41) is 2.83. The number of nitrogens with one attached hydrogen (secondary N) is 3. The summed E-state index contributed by atoms with van der Waals surface area (Å²) < 4.78 is 1.48. The van der Waals surface area contributed by atoms with Crippen LogP contribution in [-0.4, -0.2) is 16.5 Å². The number of benzene rings is 1. The summed E-state index contributed by atoms with van der Waals surface area (Å²) in [5.74, 6) is -0.596. The number of hydrogen-bond acceptors (Lipinski definition) is 4. The first-order valence-electron chi connectivity index (χ1n) is 8.22. The lowest BCUT2D eigenvalue weighted by Gasteiger charge is -2.13. The second-order valence-electron chi connectivity index (χ2n) is 5.77. The predicted octanol–water partition coefficient (Wildman–Crippen LogP) is 3.27. The lowest BCUT2D eigenvalue weighted by molar-refractivity contribution is 0.0937. The number of carbonyl (C=O) groups excluding carboxylic acids is 2. The summed E-state index contributed by atoms with van der Waals surface area (Å²) >= 11 is 9.39. The Morgan fingerprint density at radius 2 is 2.04 bits per heavy atom. The van der Waals surface area contributed by atoms with E-state index in [-0.39, 0.29) is 20.6 Å². The highest BCUT2D eigenvalue weighted by molar-refractivity contribution is 9.10. The fraction of sp³-hybridized carbons (Fsp3) is 0.167. The number of amides is 3. The van der Waals surface area contributed by atoms with Gasteiger partial charge in [0.1, 0.15) is 0 Å². The van der Waals surface area contributed by atoms with Gasteiger partial charge in [-0.25, -0.2) is 10.2 Å². The van der Waals surface area contributed by atoms with E-state index in [1.165, 1.54) is 23.9 Å². The number of nitrogens with zero attached hydrogens (tertiary/aromatic N) is 1. The highest BCUT2D eigenvalue weighted by atomic mass is 79.9. The first kappa shape index (κ1) is 21.5. The molecule has 0 radical (unpaired) electrons. The number of pyridine rings is 1. The van der Waals surface area contributed by atoms with Gasteiger partial charge in [-0.2, -0.15) is 0 Å². The van der Waals surface area contributed by atoms with Crippen molar-refractivity contribution in [3.8, 4) is 0 Å². The molecule has 0 fully saturated rings. The van der Waals surface area contributed by atoms with E-state index in [4.69, 9.17) is 17.3 Å². The van der Waals surface area contributed by atoms with Crippen molar-refractivity contribution in [3.63, 3.8) is 0 Å². The average Bonchev–Trinajstić information content (AvgIpc) is 2.66. The standard InChI is InChI=1S/C18H19BrClN5O3/c1-3-4-5-11-13(21)6-7-14(15(11)20)22-18(28)24-23-16(26)10-8-12(19)17(27)25(2)9-10/h4-9H,3,21H2,1-2H3,(H,23,26)(H2,22,24,28)/b5-4+. The van der Waals surface area contributed by atoms with Gasteiger partial charge >= 0.3 is 6.03 Å². The van der Waals surface area contributed by atoms with Crippen LogP contribution in [0.3, 0.4) is 0 Å². The molecule has 28 heavy (non-hydrogen) atoms. The van der Waals surface area contributed by atoms with E-state index in [1.54, 1.807) is 18.2 Å². The smallest absolute Gasteiger partial charge is 0.337 e. The molecule has 3 amide bonds. The number of anilines is 2. The van der Waals surface area contributed by atoms with E-state index < -0.39 is 11.9 Å². The number of aryl methyl sites for hydroxylation is 1. The maximum atomic E-state index is 12.2. The van der Waals surface area contributed by atoms with Crippen LogP contribution in [0, 0.1) is 0 Å². The Morgan fingerprint density at radius 3 is 2.68 bits per heavy atom. The largest absolute Gasteiger partial charge is 0.398 e. The van der Waals surface area contributed by atoms with E-state index in [9.17, 15) is 14.4 Å². The number of rotatable bonds is 4. The quantitative estimate of drug-likeness (QED) is 0.407. The SMILES string of the molecule is CC/C=C/c1c(N)ccc(NC(=O)NNC(=O)c2cc(Br)c(=O)n(C)c2)c1Cl. The van der Waals surface area contributed by atoms with E-state index in [2.05, 4.69) is 32.1 Å². The number of nitrogen functional groups attached to an aromatic ring is 1. The maximum Gasteiger partial charge on any atom is 0.337 e. The van der Waals surface area contributed by atoms with Gasteiger partial charge in [0.2, 0.25) is 0 Å². The molecule has 0 saturated carbocycles. The van der Waals surface area contributed by atoms with Crippen LogP contribution in [0.5, 0.6) is 0 Å². The van der Waals surface area contributed by atoms with Crippen LogP contribution in [0.2, 0.25) is 5.02 Å². The highest BCUT2D eigenvalue weighted by Gasteiger charge is 2.13. The first-order chi connectivity index (χ1) is 13.2. The van der Waals surface area contributed by atoms with Gasteiger partial charge in [-0.05, 0) is 40.5 Å². The van der Waals surface area contributed by atoms with Gasteiger partial charge in [0.25, 0.3) is 11.5 Å². The first-order valence-corrected chi connectivity index (χ1v) is 9.39. The number of allylic oxidation sites excluding steroid dienone is 1. The van der Waals surface area contributed by atoms with Crippen molar-refractivity contribution in [3.05, 3.63) is 61.4 Å². The highest BCUT2D eigenvalue weighted by Crippen LogP contribution is 2.31. The number of hydrogen-bond donors (Lipinski definition) is 4. The predicted molar refractivity (Wildman–Crippen MR) is 114 cm³/mol. The second-order valence-corrected chi connectivity index (χ2v) is 7.00. The number of aromatic nitrogens is 1. The number of carbonyl (C=O) groups is 2. The van der Waals surface area contributed by atoms with Gasteiger partial charge in [0, 0.05) is 24.5 Å². The molecule has 8 nitrogen and oxygen atoms in total. The van der Waals surface area contributed by atoms with Crippen LogP contribution >= 0.6 is 27.5 Å². The van der Waals surface area contributed by atoms with Crippen molar-refractivity contribution in [2.24, 2.45) is 7.05 Å². The van der Waals surface area contributed by atoms with Gasteiger partial charge in [0.15, 0.2) is 0 Å². The summed E-state index contributed by atoms with van der Waals surface area (Å²) in [7, 11) is 1.51. The zero-order valence-corrected chi connectivity index (χ0v) is 17.5. The van der Waals surface area contributed by atoms with Crippen LogP contribution in [0.15, 0.2) is 39.7 Å². The van der Waals surface area contributed by atoms with E-state index in [0.717, 1.165) is 6.42 Å². The number of nitrogens with two attached hydrogens (primary N) is 1. The van der Waals surface area contributed by atoms with E-state index in [1.807, 2.05) is 13.0 Å². The summed E-state index contributed by atoms with van der Waals surface area (Å²) in [6.07, 6.45) is 5.83. The molecular weight excluding hydrogens is 450 g/mol. The van der Waals surface area contributed by atoms with Gasteiger partial charge < -0.3 is 15.6 Å². The van der Waals surface area contributed by atoms with Crippen LogP contribution < -0.4 is 27.5 Å². The molecule has 0 aliphatic rings. The molecular formula is C18H19BrClN5O3. The molecule has 0 aliphatic heterocycles. The molecule has 5 N–H and O–H groups in total. The lowest BCUT2D eigenvalue weighted by atomic mass is 10.1. The molecule has 0 atom stereocenters. The molecule has 1 aromatic heterocycles. The fourth-order valence-corrected chi connectivity index (χ4v) is 3.05. The van der Waals surface area contributed by atoms with Crippen LogP contribution in [-0.2, 0) is 7.05 Å². The normalized spacial score (nSPS) is 10.7. The fourth-order valence-electron chi connectivity index (χ4n) is 2.24. The Kier molecular flexibility index (Phi) is 7.24. The van der Waals surface area contributed by atoms with Crippen LogP contribution in [0.25, 0.3) is 6.08 Å². The molecule has 0 spiro atoms. The molecule has 0 saturated heterocycles. The lowest BCUT2D eigenvalue weighted by Crippen LogP contribution is -2.44. The van der Waals surface area contributed by atoms with Gasteiger partial charge in [0.05, 0.1) is 20.7 Å². The zero-order chi connectivity index (χ0) is 20.8. The molecule has 0 unspecified atom stereocenters.